The number of aliphatic hydroxyl groups excluding tert-OH is 1. The highest BCUT2D eigenvalue weighted by Crippen LogP contribution is 2.35. The number of benzene rings is 2. The van der Waals surface area contributed by atoms with Crippen molar-refractivity contribution in [3.63, 3.8) is 0 Å². The predicted molar refractivity (Wildman–Crippen MR) is 100 cm³/mol. The van der Waals surface area contributed by atoms with Gasteiger partial charge in [0.05, 0.1) is 30.1 Å². The predicted octanol–water partition coefficient (Wildman–Crippen LogP) is 5.47. The third kappa shape index (κ3) is 4.03. The number of fused-ring (bicyclic) bond motifs is 1. The standard InChI is InChI=1S/C17H12BrCl2F3N2O2/c18-8-1-2-13-14(3-8)25(15(5-19)24-13)6-9-10(7-26)11(20)4-12(21)16(9)27-17(22)23/h1-4,17,26H,5-7H2. The Bertz CT molecular complexity index is 998. The Labute approximate surface area is 170 Å². The maximum Gasteiger partial charge on any atom is 0.387 e. The fourth-order valence-electron chi connectivity index (χ4n) is 2.83. The lowest BCUT2D eigenvalue weighted by molar-refractivity contribution is -0.0529. The van der Waals surface area contributed by atoms with Gasteiger partial charge in [-0.05, 0) is 24.3 Å². The smallest absolute Gasteiger partial charge is 0.387 e. The Morgan fingerprint density at radius 2 is 2.00 bits per heavy atom. The molecule has 0 aliphatic carbocycles. The molecule has 1 N–H and O–H groups in total. The van der Waals surface area contributed by atoms with Gasteiger partial charge >= 0.3 is 6.61 Å². The summed E-state index contributed by atoms with van der Waals surface area (Å²) in [5, 5.41) is 9.56. The van der Waals surface area contributed by atoms with E-state index in [2.05, 4.69) is 25.7 Å². The lowest BCUT2D eigenvalue weighted by Crippen LogP contribution is -2.13. The van der Waals surface area contributed by atoms with Gasteiger partial charge in [0.15, 0.2) is 11.6 Å². The van der Waals surface area contributed by atoms with Crippen LogP contribution >= 0.6 is 39.1 Å². The fraction of sp³-hybridized carbons (Fsp3) is 0.235. The molecule has 0 saturated heterocycles. The number of hydrogen-bond acceptors (Lipinski definition) is 3. The van der Waals surface area contributed by atoms with Crippen molar-refractivity contribution in [1.82, 2.24) is 9.55 Å². The Balaban J connectivity index is 2.23. The van der Waals surface area contributed by atoms with Crippen LogP contribution in [0.2, 0.25) is 5.02 Å². The van der Waals surface area contributed by atoms with E-state index in [-0.39, 0.29) is 28.6 Å². The van der Waals surface area contributed by atoms with Crippen LogP contribution in [0.15, 0.2) is 28.7 Å². The van der Waals surface area contributed by atoms with Gasteiger partial charge in [-0.3, -0.25) is 0 Å². The second kappa shape index (κ2) is 8.26. The minimum absolute atomic E-state index is 0.00607. The summed E-state index contributed by atoms with van der Waals surface area (Å²) in [7, 11) is 0. The van der Waals surface area contributed by atoms with Crippen LogP contribution in [-0.2, 0) is 19.0 Å². The van der Waals surface area contributed by atoms with Gasteiger partial charge in [-0.2, -0.15) is 8.78 Å². The van der Waals surface area contributed by atoms with Crippen LogP contribution in [-0.4, -0.2) is 21.3 Å². The monoisotopic (exact) mass is 482 g/mol. The van der Waals surface area contributed by atoms with Gasteiger partial charge in [0, 0.05) is 20.6 Å². The van der Waals surface area contributed by atoms with Crippen LogP contribution in [0.3, 0.4) is 0 Å². The lowest BCUT2D eigenvalue weighted by Gasteiger charge is -2.18. The van der Waals surface area contributed by atoms with Crippen LogP contribution in [0, 0.1) is 5.82 Å². The molecule has 1 aromatic heterocycles. The van der Waals surface area contributed by atoms with Crippen LogP contribution in [0.4, 0.5) is 13.2 Å². The molecule has 0 radical (unpaired) electrons. The Hall–Kier alpha value is -1.48. The van der Waals surface area contributed by atoms with Crippen molar-refractivity contribution in [3.8, 4) is 5.75 Å². The highest BCUT2D eigenvalue weighted by molar-refractivity contribution is 9.10. The average molecular weight is 484 g/mol. The van der Waals surface area contributed by atoms with Crippen LogP contribution < -0.4 is 4.74 Å². The molecule has 2 aromatic carbocycles. The van der Waals surface area contributed by atoms with Crippen molar-refractivity contribution >= 4 is 50.2 Å². The van der Waals surface area contributed by atoms with E-state index >= 15 is 0 Å². The van der Waals surface area contributed by atoms with Gasteiger partial charge < -0.3 is 14.4 Å². The molecule has 10 heteroatoms. The van der Waals surface area contributed by atoms with Crippen LogP contribution in [0.1, 0.15) is 17.0 Å². The third-order valence-electron chi connectivity index (χ3n) is 3.99. The molecular weight excluding hydrogens is 472 g/mol. The molecule has 0 saturated carbocycles. The number of imidazole rings is 1. The molecule has 0 atom stereocenters. The molecule has 0 aliphatic rings. The summed E-state index contributed by atoms with van der Waals surface area (Å²) in [6.45, 7) is -3.95. The highest BCUT2D eigenvalue weighted by Gasteiger charge is 2.23. The molecule has 0 spiro atoms. The normalized spacial score (nSPS) is 11.6. The minimum Gasteiger partial charge on any atom is -0.431 e. The summed E-state index contributed by atoms with van der Waals surface area (Å²) in [6.07, 6.45) is 0. The van der Waals surface area contributed by atoms with E-state index in [1.807, 2.05) is 0 Å². The molecule has 3 rings (SSSR count). The van der Waals surface area contributed by atoms with Crippen molar-refractivity contribution in [2.45, 2.75) is 25.6 Å². The van der Waals surface area contributed by atoms with E-state index in [0.717, 1.165) is 10.5 Å². The van der Waals surface area contributed by atoms with Crippen LogP contribution in [0.5, 0.6) is 5.75 Å². The minimum atomic E-state index is -3.24. The van der Waals surface area contributed by atoms with Crippen molar-refractivity contribution in [2.75, 3.05) is 0 Å². The highest BCUT2D eigenvalue weighted by atomic mass is 79.9. The molecule has 3 aromatic rings. The molecular formula is C17H12BrCl2F3N2O2. The number of alkyl halides is 3. The molecule has 0 aliphatic heterocycles. The summed E-state index contributed by atoms with van der Waals surface area (Å²) in [6, 6.07) is 6.15. The Kier molecular flexibility index (Phi) is 6.20. The molecule has 144 valence electrons. The van der Waals surface area contributed by atoms with Gasteiger partial charge in [-0.1, -0.05) is 27.5 Å². The van der Waals surface area contributed by atoms with E-state index in [4.69, 9.17) is 23.2 Å². The quantitative estimate of drug-likeness (QED) is 0.473. The summed E-state index contributed by atoms with van der Waals surface area (Å²) in [4.78, 5) is 4.39. The van der Waals surface area contributed by atoms with Gasteiger partial charge in [0.2, 0.25) is 0 Å². The number of aliphatic hydroxyl groups is 1. The first-order valence-corrected chi connectivity index (χ1v) is 9.32. The molecule has 1 heterocycles. The number of ether oxygens (including phenoxy) is 1. The SMILES string of the molecule is OCc1c(Cl)cc(F)c(OC(F)F)c1Cn1c(CCl)nc2ccc(Br)cc21. The number of hydrogen-bond donors (Lipinski definition) is 1. The summed E-state index contributed by atoms with van der Waals surface area (Å²) in [5.41, 5.74) is 1.35. The Morgan fingerprint density at radius 1 is 1.26 bits per heavy atom. The van der Waals surface area contributed by atoms with Crippen molar-refractivity contribution in [3.05, 3.63) is 56.5 Å². The molecule has 0 bridgehead atoms. The molecule has 0 amide bonds. The summed E-state index contributed by atoms with van der Waals surface area (Å²) >= 11 is 15.3. The van der Waals surface area contributed by atoms with Gasteiger partial charge in [0.1, 0.15) is 5.82 Å². The van der Waals surface area contributed by atoms with Crippen molar-refractivity contribution < 1.29 is 23.0 Å². The zero-order valence-electron chi connectivity index (χ0n) is 13.5. The van der Waals surface area contributed by atoms with Crippen LogP contribution in [0.25, 0.3) is 11.0 Å². The van der Waals surface area contributed by atoms with E-state index < -0.39 is 24.8 Å². The summed E-state index contributed by atoms with van der Waals surface area (Å²) in [5.74, 6) is -1.24. The first-order valence-electron chi connectivity index (χ1n) is 7.61. The molecule has 27 heavy (non-hydrogen) atoms. The topological polar surface area (TPSA) is 47.3 Å². The van der Waals surface area contributed by atoms with Crippen molar-refractivity contribution in [2.24, 2.45) is 0 Å². The van der Waals surface area contributed by atoms with E-state index in [1.54, 1.807) is 22.8 Å². The molecule has 0 unspecified atom stereocenters. The van der Waals surface area contributed by atoms with E-state index in [0.29, 0.717) is 16.9 Å². The van der Waals surface area contributed by atoms with Gasteiger partial charge in [-0.15, -0.1) is 11.6 Å². The maximum atomic E-state index is 14.3. The number of aromatic nitrogens is 2. The number of nitrogens with zero attached hydrogens (tertiary/aromatic N) is 2. The van der Waals surface area contributed by atoms with Gasteiger partial charge in [-0.25, -0.2) is 9.37 Å². The second-order valence-electron chi connectivity index (χ2n) is 5.54. The zero-order valence-corrected chi connectivity index (χ0v) is 16.6. The fourth-order valence-corrected chi connectivity index (χ4v) is 3.65. The molecule has 0 fully saturated rings. The first-order chi connectivity index (χ1) is 12.8. The largest absolute Gasteiger partial charge is 0.431 e. The maximum absolute atomic E-state index is 14.3. The van der Waals surface area contributed by atoms with Gasteiger partial charge in [0.25, 0.3) is 0 Å². The lowest BCUT2D eigenvalue weighted by atomic mass is 10.1. The average Bonchev–Trinajstić information content (AvgIpc) is 2.95. The van der Waals surface area contributed by atoms with Crippen molar-refractivity contribution in [1.29, 1.82) is 0 Å². The van der Waals surface area contributed by atoms with E-state index in [1.165, 1.54) is 0 Å². The third-order valence-corrected chi connectivity index (χ3v) is 5.06. The Morgan fingerprint density at radius 3 is 2.63 bits per heavy atom. The molecule has 4 nitrogen and oxygen atoms in total. The first kappa shape index (κ1) is 20.3. The number of rotatable bonds is 6. The van der Waals surface area contributed by atoms with E-state index in [9.17, 15) is 18.3 Å². The second-order valence-corrected chi connectivity index (χ2v) is 7.13. The number of halogens is 6. The zero-order chi connectivity index (χ0) is 19.7. The summed E-state index contributed by atoms with van der Waals surface area (Å²) < 4.78 is 46.7.